The number of aliphatic carboxylic acids is 1. The third kappa shape index (κ3) is 3.56. The average Bonchev–Trinajstić information content (AvgIpc) is 2.26. The van der Waals surface area contributed by atoms with E-state index in [1.54, 1.807) is 13.8 Å². The molecule has 0 bridgehead atoms. The quantitative estimate of drug-likeness (QED) is 0.853. The molecule has 3 heteroatoms. The van der Waals surface area contributed by atoms with Crippen molar-refractivity contribution in [2.24, 2.45) is 5.41 Å². The lowest BCUT2D eigenvalue weighted by molar-refractivity contribution is -0.148. The number of hydrogen-bond donors (Lipinski definition) is 1. The summed E-state index contributed by atoms with van der Waals surface area (Å²) in [5.74, 6) is -0.750. The first-order valence-corrected chi connectivity index (χ1v) is 5.79. The fraction of sp³-hybridized carbons (Fsp3) is 0.500. The van der Waals surface area contributed by atoms with Gasteiger partial charge in [-0.05, 0) is 39.9 Å². The Kier molecular flexibility index (Phi) is 4.29. The summed E-state index contributed by atoms with van der Waals surface area (Å²) in [5, 5.41) is 9.20. The number of carboxylic acid groups (broad SMARTS) is 1. The van der Waals surface area contributed by atoms with E-state index >= 15 is 0 Å². The summed E-state index contributed by atoms with van der Waals surface area (Å²) in [6.07, 6.45) is 0.597. The molecule has 1 aromatic carbocycles. The molecule has 0 fully saturated rings. The Hall–Kier alpha value is -1.35. The third-order valence-electron chi connectivity index (χ3n) is 3.09. The third-order valence-corrected chi connectivity index (χ3v) is 3.09. The Bertz CT molecular complexity index is 371. The van der Waals surface area contributed by atoms with Crippen molar-refractivity contribution in [1.29, 1.82) is 0 Å². The van der Waals surface area contributed by atoms with E-state index in [0.717, 1.165) is 5.56 Å². The molecular formula is C14H21NO2. The van der Waals surface area contributed by atoms with Crippen LogP contribution >= 0.6 is 0 Å². The minimum atomic E-state index is -0.750. The smallest absolute Gasteiger partial charge is 0.309 e. The highest BCUT2D eigenvalue weighted by Crippen LogP contribution is 2.33. The zero-order valence-electron chi connectivity index (χ0n) is 11.0. The second kappa shape index (κ2) is 5.32. The highest BCUT2D eigenvalue weighted by molar-refractivity contribution is 5.73. The van der Waals surface area contributed by atoms with Crippen LogP contribution in [0, 0.1) is 5.41 Å². The number of benzene rings is 1. The lowest BCUT2D eigenvalue weighted by atomic mass is 9.83. The van der Waals surface area contributed by atoms with Crippen LogP contribution in [0.25, 0.3) is 0 Å². The lowest BCUT2D eigenvalue weighted by Gasteiger charge is -2.31. The maximum Gasteiger partial charge on any atom is 0.309 e. The Morgan fingerprint density at radius 1 is 1.29 bits per heavy atom. The standard InChI is InChI=1S/C14H21NO2/c1-14(2,13(16)17)10-12(15(3)4)11-8-6-5-7-9-11/h5-9,12H,10H2,1-4H3,(H,16,17). The van der Waals surface area contributed by atoms with E-state index in [1.165, 1.54) is 0 Å². The summed E-state index contributed by atoms with van der Waals surface area (Å²) < 4.78 is 0. The van der Waals surface area contributed by atoms with Crippen molar-refractivity contribution in [3.8, 4) is 0 Å². The van der Waals surface area contributed by atoms with Gasteiger partial charge < -0.3 is 10.0 Å². The number of carbonyl (C=O) groups is 1. The minimum Gasteiger partial charge on any atom is -0.481 e. The maximum atomic E-state index is 11.2. The van der Waals surface area contributed by atoms with E-state index in [1.807, 2.05) is 44.4 Å². The van der Waals surface area contributed by atoms with Crippen molar-refractivity contribution in [1.82, 2.24) is 4.90 Å². The molecule has 0 radical (unpaired) electrons. The van der Waals surface area contributed by atoms with Crippen LogP contribution in [-0.2, 0) is 4.79 Å². The molecule has 0 aliphatic carbocycles. The van der Waals surface area contributed by atoms with Crippen LogP contribution in [0.3, 0.4) is 0 Å². The molecule has 1 aromatic rings. The molecule has 17 heavy (non-hydrogen) atoms. The van der Waals surface area contributed by atoms with E-state index in [2.05, 4.69) is 4.90 Å². The zero-order chi connectivity index (χ0) is 13.1. The molecule has 0 amide bonds. The van der Waals surface area contributed by atoms with E-state index < -0.39 is 11.4 Å². The highest BCUT2D eigenvalue weighted by atomic mass is 16.4. The average molecular weight is 235 g/mol. The summed E-state index contributed by atoms with van der Waals surface area (Å²) >= 11 is 0. The monoisotopic (exact) mass is 235 g/mol. The van der Waals surface area contributed by atoms with Gasteiger partial charge >= 0.3 is 5.97 Å². The van der Waals surface area contributed by atoms with Crippen LogP contribution in [0.2, 0.25) is 0 Å². The largest absolute Gasteiger partial charge is 0.481 e. The molecule has 1 atom stereocenters. The second-order valence-corrected chi connectivity index (χ2v) is 5.28. The van der Waals surface area contributed by atoms with Crippen LogP contribution < -0.4 is 0 Å². The van der Waals surface area contributed by atoms with Gasteiger partial charge in [0.1, 0.15) is 0 Å². The summed E-state index contributed by atoms with van der Waals surface area (Å²) in [4.78, 5) is 13.3. The van der Waals surface area contributed by atoms with Crippen LogP contribution in [0.1, 0.15) is 31.9 Å². The molecule has 0 aliphatic rings. The first kappa shape index (κ1) is 13.7. The van der Waals surface area contributed by atoms with Crippen molar-refractivity contribution in [3.63, 3.8) is 0 Å². The topological polar surface area (TPSA) is 40.5 Å². The fourth-order valence-electron chi connectivity index (χ4n) is 1.84. The predicted molar refractivity (Wildman–Crippen MR) is 68.9 cm³/mol. The van der Waals surface area contributed by atoms with Gasteiger partial charge in [-0.25, -0.2) is 0 Å². The summed E-state index contributed by atoms with van der Waals surface area (Å²) in [7, 11) is 3.96. The molecule has 94 valence electrons. The molecule has 0 aliphatic heterocycles. The molecule has 3 nitrogen and oxygen atoms in total. The number of rotatable bonds is 5. The van der Waals surface area contributed by atoms with Gasteiger partial charge in [0.25, 0.3) is 0 Å². The SMILES string of the molecule is CN(C)C(CC(C)(C)C(=O)O)c1ccccc1. The first-order chi connectivity index (χ1) is 7.84. The fourth-order valence-corrected chi connectivity index (χ4v) is 1.84. The van der Waals surface area contributed by atoms with Crippen LogP contribution in [0.4, 0.5) is 0 Å². The lowest BCUT2D eigenvalue weighted by Crippen LogP contribution is -2.31. The van der Waals surface area contributed by atoms with Crippen molar-refractivity contribution < 1.29 is 9.90 Å². The van der Waals surface area contributed by atoms with Crippen LogP contribution in [0.15, 0.2) is 30.3 Å². The van der Waals surface area contributed by atoms with Crippen LogP contribution in [0.5, 0.6) is 0 Å². The summed E-state index contributed by atoms with van der Waals surface area (Å²) in [6.45, 7) is 3.55. The van der Waals surface area contributed by atoms with Crippen molar-refractivity contribution in [3.05, 3.63) is 35.9 Å². The van der Waals surface area contributed by atoms with E-state index in [4.69, 9.17) is 0 Å². The number of nitrogens with zero attached hydrogens (tertiary/aromatic N) is 1. The maximum absolute atomic E-state index is 11.2. The van der Waals surface area contributed by atoms with Crippen LogP contribution in [-0.4, -0.2) is 30.1 Å². The van der Waals surface area contributed by atoms with Gasteiger partial charge in [-0.3, -0.25) is 4.79 Å². The Balaban J connectivity index is 2.93. The van der Waals surface area contributed by atoms with Gasteiger partial charge in [-0.2, -0.15) is 0 Å². The van der Waals surface area contributed by atoms with Gasteiger partial charge in [0.05, 0.1) is 5.41 Å². The number of hydrogen-bond acceptors (Lipinski definition) is 2. The van der Waals surface area contributed by atoms with Crippen molar-refractivity contribution in [2.75, 3.05) is 14.1 Å². The van der Waals surface area contributed by atoms with Crippen molar-refractivity contribution >= 4 is 5.97 Å². The Labute approximate surface area is 103 Å². The number of carboxylic acids is 1. The van der Waals surface area contributed by atoms with Gasteiger partial charge in [0.2, 0.25) is 0 Å². The van der Waals surface area contributed by atoms with Gasteiger partial charge in [0.15, 0.2) is 0 Å². The Morgan fingerprint density at radius 2 is 1.82 bits per heavy atom. The van der Waals surface area contributed by atoms with Gasteiger partial charge in [-0.1, -0.05) is 30.3 Å². The molecule has 1 N–H and O–H groups in total. The molecule has 0 saturated heterocycles. The van der Waals surface area contributed by atoms with Gasteiger partial charge in [-0.15, -0.1) is 0 Å². The molecule has 0 saturated carbocycles. The summed E-state index contributed by atoms with van der Waals surface area (Å²) in [6, 6.07) is 10.2. The minimum absolute atomic E-state index is 0.127. The van der Waals surface area contributed by atoms with Crippen molar-refractivity contribution in [2.45, 2.75) is 26.3 Å². The van der Waals surface area contributed by atoms with E-state index in [0.29, 0.717) is 6.42 Å². The normalized spacial score (nSPS) is 13.7. The summed E-state index contributed by atoms with van der Waals surface area (Å²) in [5.41, 5.74) is 0.442. The first-order valence-electron chi connectivity index (χ1n) is 5.79. The molecule has 1 unspecified atom stereocenters. The van der Waals surface area contributed by atoms with Gasteiger partial charge in [0, 0.05) is 6.04 Å². The molecule has 0 heterocycles. The van der Waals surface area contributed by atoms with E-state index in [9.17, 15) is 9.90 Å². The second-order valence-electron chi connectivity index (χ2n) is 5.28. The van der Waals surface area contributed by atoms with E-state index in [-0.39, 0.29) is 6.04 Å². The molecule has 0 spiro atoms. The highest BCUT2D eigenvalue weighted by Gasteiger charge is 2.32. The molecule has 0 aromatic heterocycles. The molecular weight excluding hydrogens is 214 g/mol. The predicted octanol–water partition coefficient (Wildman–Crippen LogP) is 2.79. The molecule has 1 rings (SSSR count). The zero-order valence-corrected chi connectivity index (χ0v) is 11.0. The Morgan fingerprint density at radius 3 is 2.24 bits per heavy atom.